The summed E-state index contributed by atoms with van der Waals surface area (Å²) in [7, 11) is 0. The molecule has 0 spiro atoms. The summed E-state index contributed by atoms with van der Waals surface area (Å²) in [5.74, 6) is -0.853. The summed E-state index contributed by atoms with van der Waals surface area (Å²) in [6.45, 7) is 4.41. The maximum atomic E-state index is 14.5. The third-order valence-electron chi connectivity index (χ3n) is 7.05. The van der Waals surface area contributed by atoms with Gasteiger partial charge in [0.1, 0.15) is 11.5 Å². The van der Waals surface area contributed by atoms with Crippen LogP contribution in [0.2, 0.25) is 0 Å². The van der Waals surface area contributed by atoms with Crippen LogP contribution in [0.4, 0.5) is 20.5 Å². The lowest BCUT2D eigenvalue weighted by Crippen LogP contribution is -2.56. The highest BCUT2D eigenvalue weighted by Crippen LogP contribution is 2.50. The van der Waals surface area contributed by atoms with Crippen LogP contribution in [0.5, 0.6) is 0 Å². The fraction of sp³-hybridized carbons (Fsp3) is 0.737. The zero-order valence-corrected chi connectivity index (χ0v) is 15.5. The largest absolute Gasteiger partial charge is 0.370 e. The Morgan fingerprint density at radius 3 is 2.63 bits per heavy atom. The molecule has 27 heavy (non-hydrogen) atoms. The average molecular weight is 377 g/mol. The van der Waals surface area contributed by atoms with Gasteiger partial charge in [-0.25, -0.2) is 4.98 Å². The summed E-state index contributed by atoms with van der Waals surface area (Å²) in [5.41, 5.74) is 5.92. The van der Waals surface area contributed by atoms with Crippen LogP contribution >= 0.6 is 0 Å². The van der Waals surface area contributed by atoms with Crippen molar-refractivity contribution < 1.29 is 13.6 Å². The average Bonchev–Trinajstić information content (AvgIpc) is 2.93. The van der Waals surface area contributed by atoms with E-state index >= 15 is 0 Å². The summed E-state index contributed by atoms with van der Waals surface area (Å²) in [5, 5.41) is 0. The molecule has 1 saturated carbocycles. The molecule has 1 aromatic rings. The standard InChI is InChI=1S/C19H25F2N5O/c1-10-3-5-26(10)18-23-16-13(2-4-19(16,20)21)17(24-18)25-8-11-6-12(9-25)14(11)7-15(22)27/h10-12,14H,2-9H2,1H3,(H2,22,27)/t10-,11-,12+,14?/m0/s1. The molecule has 6 nitrogen and oxygen atoms in total. The molecule has 4 heterocycles. The number of piperidine rings is 2. The van der Waals surface area contributed by atoms with Crippen LogP contribution in [-0.4, -0.2) is 41.6 Å². The summed E-state index contributed by atoms with van der Waals surface area (Å²) >= 11 is 0. The van der Waals surface area contributed by atoms with Crippen LogP contribution in [-0.2, 0) is 17.1 Å². The van der Waals surface area contributed by atoms with E-state index in [1.807, 2.05) is 4.90 Å². The van der Waals surface area contributed by atoms with Crippen molar-refractivity contribution in [2.24, 2.45) is 23.5 Å². The number of carbonyl (C=O) groups excluding carboxylic acids is 1. The van der Waals surface area contributed by atoms with E-state index in [1.165, 1.54) is 0 Å². The molecule has 0 radical (unpaired) electrons. The number of nitrogens with zero attached hydrogens (tertiary/aromatic N) is 4. The van der Waals surface area contributed by atoms with Crippen LogP contribution in [0.1, 0.15) is 43.9 Å². The highest BCUT2D eigenvalue weighted by molar-refractivity contribution is 5.74. The number of rotatable bonds is 4. The van der Waals surface area contributed by atoms with Gasteiger partial charge in [0.25, 0.3) is 5.92 Å². The summed E-state index contributed by atoms with van der Waals surface area (Å²) in [6.07, 6.45) is 2.69. The number of alkyl halides is 2. The third-order valence-corrected chi connectivity index (χ3v) is 7.05. The minimum Gasteiger partial charge on any atom is -0.370 e. The summed E-state index contributed by atoms with van der Waals surface area (Å²) < 4.78 is 28.9. The number of halogens is 2. The Hall–Kier alpha value is -1.99. The van der Waals surface area contributed by atoms with E-state index in [0.717, 1.165) is 32.5 Å². The predicted molar refractivity (Wildman–Crippen MR) is 96.8 cm³/mol. The minimum atomic E-state index is -2.87. The van der Waals surface area contributed by atoms with Crippen LogP contribution in [0, 0.1) is 17.8 Å². The Kier molecular flexibility index (Phi) is 3.65. The molecule has 146 valence electrons. The molecular weight excluding hydrogens is 352 g/mol. The summed E-state index contributed by atoms with van der Waals surface area (Å²) in [4.78, 5) is 24.5. The topological polar surface area (TPSA) is 75.3 Å². The van der Waals surface area contributed by atoms with E-state index in [2.05, 4.69) is 16.8 Å². The molecule has 3 aliphatic heterocycles. The number of fused-ring (bicyclic) bond motifs is 3. The van der Waals surface area contributed by atoms with Crippen molar-refractivity contribution in [1.82, 2.24) is 9.97 Å². The smallest absolute Gasteiger partial charge is 0.290 e. The Morgan fingerprint density at radius 1 is 1.30 bits per heavy atom. The van der Waals surface area contributed by atoms with Gasteiger partial charge in [-0.05, 0) is 43.9 Å². The van der Waals surface area contributed by atoms with Gasteiger partial charge in [0.15, 0.2) is 0 Å². The molecule has 4 atom stereocenters. The summed E-state index contributed by atoms with van der Waals surface area (Å²) in [6, 6.07) is 0.292. The van der Waals surface area contributed by atoms with Gasteiger partial charge in [-0.2, -0.15) is 13.8 Å². The number of hydrogen-bond donors (Lipinski definition) is 1. The number of amides is 1. The van der Waals surface area contributed by atoms with Crippen LogP contribution < -0.4 is 15.5 Å². The van der Waals surface area contributed by atoms with Crippen LogP contribution in [0.15, 0.2) is 0 Å². The van der Waals surface area contributed by atoms with E-state index in [1.54, 1.807) is 0 Å². The number of aromatic nitrogens is 2. The fourth-order valence-electron chi connectivity index (χ4n) is 5.32. The van der Waals surface area contributed by atoms with Crippen molar-refractivity contribution in [3.8, 4) is 0 Å². The molecule has 6 rings (SSSR count). The number of nitrogens with two attached hydrogens (primary N) is 1. The van der Waals surface area contributed by atoms with Crippen molar-refractivity contribution in [3.63, 3.8) is 0 Å². The Labute approximate surface area is 157 Å². The van der Waals surface area contributed by atoms with Gasteiger partial charge >= 0.3 is 0 Å². The molecule has 2 bridgehead atoms. The molecule has 8 heteroatoms. The second-order valence-corrected chi connectivity index (χ2v) is 8.71. The third kappa shape index (κ3) is 2.59. The molecular formula is C19H25F2N5O. The second-order valence-electron chi connectivity index (χ2n) is 8.71. The van der Waals surface area contributed by atoms with Gasteiger partial charge in [-0.15, -0.1) is 0 Å². The van der Waals surface area contributed by atoms with Gasteiger partial charge in [0, 0.05) is 44.1 Å². The van der Waals surface area contributed by atoms with E-state index in [0.29, 0.717) is 54.0 Å². The fourth-order valence-corrected chi connectivity index (χ4v) is 5.32. The van der Waals surface area contributed by atoms with Crippen molar-refractivity contribution in [1.29, 1.82) is 0 Å². The number of hydrogen-bond acceptors (Lipinski definition) is 5. The Morgan fingerprint density at radius 2 is 2.04 bits per heavy atom. The first-order chi connectivity index (χ1) is 12.8. The Bertz CT molecular complexity index is 789. The molecule has 2 aliphatic carbocycles. The minimum absolute atomic E-state index is 0.0745. The van der Waals surface area contributed by atoms with Gasteiger partial charge < -0.3 is 15.5 Å². The normalized spacial score (nSPS) is 33.3. The van der Waals surface area contributed by atoms with Crippen molar-refractivity contribution in [3.05, 3.63) is 11.3 Å². The first-order valence-corrected chi connectivity index (χ1v) is 9.92. The molecule has 1 unspecified atom stereocenters. The molecule has 4 fully saturated rings. The number of carbonyl (C=O) groups is 1. The Balaban J connectivity index is 1.47. The molecule has 1 aromatic heterocycles. The van der Waals surface area contributed by atoms with E-state index in [-0.39, 0.29) is 18.0 Å². The lowest BCUT2D eigenvalue weighted by atomic mass is 9.60. The lowest BCUT2D eigenvalue weighted by molar-refractivity contribution is -0.121. The van der Waals surface area contributed by atoms with E-state index < -0.39 is 5.92 Å². The SMILES string of the molecule is C[C@H]1CCN1c1nc(N2C[C@H]3C[C@@H](C2)C3CC(N)=O)c2c(n1)C(F)(F)CC2. The predicted octanol–water partition coefficient (Wildman–Crippen LogP) is 2.06. The van der Waals surface area contributed by atoms with Crippen LogP contribution in [0.3, 0.4) is 0 Å². The van der Waals surface area contributed by atoms with E-state index in [9.17, 15) is 13.6 Å². The maximum absolute atomic E-state index is 14.5. The van der Waals surface area contributed by atoms with Crippen molar-refractivity contribution in [2.45, 2.75) is 51.0 Å². The molecule has 0 aromatic carbocycles. The highest BCUT2D eigenvalue weighted by atomic mass is 19.3. The van der Waals surface area contributed by atoms with Crippen molar-refractivity contribution in [2.75, 3.05) is 29.4 Å². The zero-order valence-electron chi connectivity index (χ0n) is 15.5. The van der Waals surface area contributed by atoms with Gasteiger partial charge in [-0.3, -0.25) is 4.79 Å². The second kappa shape index (κ2) is 5.75. The molecule has 3 saturated heterocycles. The quantitative estimate of drug-likeness (QED) is 0.869. The van der Waals surface area contributed by atoms with Gasteiger partial charge in [0.05, 0.1) is 0 Å². The first kappa shape index (κ1) is 17.1. The molecule has 5 aliphatic rings. The first-order valence-electron chi connectivity index (χ1n) is 9.92. The maximum Gasteiger partial charge on any atom is 0.290 e. The van der Waals surface area contributed by atoms with Crippen LogP contribution in [0.25, 0.3) is 0 Å². The number of anilines is 2. The van der Waals surface area contributed by atoms with E-state index in [4.69, 9.17) is 10.7 Å². The zero-order chi connectivity index (χ0) is 18.9. The van der Waals surface area contributed by atoms with Crippen molar-refractivity contribution >= 4 is 17.7 Å². The molecule has 1 amide bonds. The van der Waals surface area contributed by atoms with Gasteiger partial charge in [-0.1, -0.05) is 0 Å². The van der Waals surface area contributed by atoms with Gasteiger partial charge in [0.2, 0.25) is 11.9 Å². The number of primary amides is 1. The molecule has 2 N–H and O–H groups in total. The monoisotopic (exact) mass is 377 g/mol. The lowest BCUT2D eigenvalue weighted by Gasteiger charge is -2.54. The highest BCUT2D eigenvalue weighted by Gasteiger charge is 2.50.